The molecule has 0 bridgehead atoms. The van der Waals surface area contributed by atoms with Gasteiger partial charge in [0, 0.05) is 36.3 Å². The average Bonchev–Trinajstić information content (AvgIpc) is 2.63. The highest BCUT2D eigenvalue weighted by molar-refractivity contribution is 9.10. The summed E-state index contributed by atoms with van der Waals surface area (Å²) in [6, 6.07) is 15.8. The zero-order chi connectivity index (χ0) is 16.9. The lowest BCUT2D eigenvalue weighted by Crippen LogP contribution is -2.50. The van der Waals surface area contributed by atoms with Crippen LogP contribution in [0, 0.1) is 6.92 Å². The van der Waals surface area contributed by atoms with Gasteiger partial charge in [0.25, 0.3) is 5.91 Å². The highest BCUT2D eigenvalue weighted by atomic mass is 79.9. The Morgan fingerprint density at radius 2 is 1.79 bits per heavy atom. The summed E-state index contributed by atoms with van der Waals surface area (Å²) in [6.07, 6.45) is 0. The normalized spacial score (nSPS) is 14.6. The fourth-order valence-electron chi connectivity index (χ4n) is 2.79. The highest BCUT2D eigenvalue weighted by Crippen LogP contribution is 2.23. The predicted molar refractivity (Wildman–Crippen MR) is 99.6 cm³/mol. The van der Waals surface area contributed by atoms with Crippen LogP contribution in [-0.2, 0) is 4.79 Å². The molecule has 0 unspecified atom stereocenters. The van der Waals surface area contributed by atoms with E-state index in [4.69, 9.17) is 4.74 Å². The van der Waals surface area contributed by atoms with Crippen molar-refractivity contribution in [2.45, 2.75) is 6.92 Å². The van der Waals surface area contributed by atoms with Crippen LogP contribution >= 0.6 is 15.9 Å². The summed E-state index contributed by atoms with van der Waals surface area (Å²) in [5.41, 5.74) is 2.44. The van der Waals surface area contributed by atoms with E-state index in [0.717, 1.165) is 36.4 Å². The van der Waals surface area contributed by atoms with Crippen molar-refractivity contribution in [1.29, 1.82) is 0 Å². The molecule has 0 atom stereocenters. The first-order chi connectivity index (χ1) is 11.6. The van der Waals surface area contributed by atoms with Crippen LogP contribution in [0.4, 0.5) is 5.69 Å². The molecule has 0 aromatic heterocycles. The van der Waals surface area contributed by atoms with E-state index in [1.807, 2.05) is 35.2 Å². The third kappa shape index (κ3) is 4.09. The number of benzene rings is 2. The smallest absolute Gasteiger partial charge is 0.260 e. The molecule has 5 heteroatoms. The van der Waals surface area contributed by atoms with Gasteiger partial charge in [-0.15, -0.1) is 0 Å². The fraction of sp³-hybridized carbons (Fsp3) is 0.316. The van der Waals surface area contributed by atoms with E-state index >= 15 is 0 Å². The maximum Gasteiger partial charge on any atom is 0.260 e. The van der Waals surface area contributed by atoms with Gasteiger partial charge in [-0.2, -0.15) is 0 Å². The molecule has 1 amide bonds. The second-order valence-corrected chi connectivity index (χ2v) is 6.76. The maximum atomic E-state index is 12.3. The molecule has 4 nitrogen and oxygen atoms in total. The van der Waals surface area contributed by atoms with Crippen molar-refractivity contribution >= 4 is 27.5 Å². The van der Waals surface area contributed by atoms with Gasteiger partial charge in [-0.1, -0.05) is 34.1 Å². The van der Waals surface area contributed by atoms with Gasteiger partial charge >= 0.3 is 0 Å². The van der Waals surface area contributed by atoms with Gasteiger partial charge in [-0.05, 0) is 42.8 Å². The molecule has 2 aromatic carbocycles. The van der Waals surface area contributed by atoms with E-state index in [2.05, 4.69) is 46.0 Å². The Balaban J connectivity index is 1.51. The van der Waals surface area contributed by atoms with E-state index in [1.165, 1.54) is 11.3 Å². The number of carbonyl (C=O) groups is 1. The van der Waals surface area contributed by atoms with E-state index in [0.29, 0.717) is 0 Å². The van der Waals surface area contributed by atoms with Gasteiger partial charge in [0.2, 0.25) is 0 Å². The molecular weight excluding hydrogens is 368 g/mol. The molecule has 0 aliphatic carbocycles. The second kappa shape index (κ2) is 7.71. The molecule has 2 aromatic rings. The minimum atomic E-state index is 0.0467. The molecule has 24 heavy (non-hydrogen) atoms. The minimum absolute atomic E-state index is 0.0467. The van der Waals surface area contributed by atoms with Crippen molar-refractivity contribution in [3.63, 3.8) is 0 Å². The number of para-hydroxylation sites is 1. The first-order valence-electron chi connectivity index (χ1n) is 8.10. The van der Waals surface area contributed by atoms with Crippen molar-refractivity contribution in [3.05, 3.63) is 58.6 Å². The number of carbonyl (C=O) groups excluding carboxylic acids is 1. The largest absolute Gasteiger partial charge is 0.484 e. The van der Waals surface area contributed by atoms with E-state index in [-0.39, 0.29) is 12.5 Å². The van der Waals surface area contributed by atoms with Crippen molar-refractivity contribution in [2.75, 3.05) is 37.7 Å². The molecular formula is C19H21BrN2O2. The SMILES string of the molecule is Cc1cc(N2CCN(C(=O)COc3ccccc3)CC2)ccc1Br. The number of ether oxygens (including phenoxy) is 1. The summed E-state index contributed by atoms with van der Waals surface area (Å²) in [5, 5.41) is 0. The van der Waals surface area contributed by atoms with Crippen molar-refractivity contribution in [1.82, 2.24) is 4.90 Å². The Morgan fingerprint density at radius 3 is 2.46 bits per heavy atom. The predicted octanol–water partition coefficient (Wildman–Crippen LogP) is 3.49. The first kappa shape index (κ1) is 16.8. The van der Waals surface area contributed by atoms with Gasteiger partial charge in [0.05, 0.1) is 0 Å². The molecule has 0 radical (unpaired) electrons. The standard InChI is InChI=1S/C19H21BrN2O2/c1-15-13-16(7-8-18(15)20)21-9-11-22(12-10-21)19(23)14-24-17-5-3-2-4-6-17/h2-8,13H,9-12,14H2,1H3. The van der Waals surface area contributed by atoms with E-state index < -0.39 is 0 Å². The minimum Gasteiger partial charge on any atom is -0.484 e. The summed E-state index contributed by atoms with van der Waals surface area (Å²) in [6.45, 7) is 5.34. The number of hydrogen-bond acceptors (Lipinski definition) is 3. The molecule has 1 fully saturated rings. The third-order valence-electron chi connectivity index (χ3n) is 4.24. The van der Waals surface area contributed by atoms with Crippen LogP contribution in [-0.4, -0.2) is 43.6 Å². The number of piperazine rings is 1. The number of aryl methyl sites for hydroxylation is 1. The Morgan fingerprint density at radius 1 is 1.08 bits per heavy atom. The molecule has 0 spiro atoms. The highest BCUT2D eigenvalue weighted by Gasteiger charge is 2.21. The maximum absolute atomic E-state index is 12.3. The molecule has 0 N–H and O–H groups in total. The lowest BCUT2D eigenvalue weighted by atomic mass is 10.2. The van der Waals surface area contributed by atoms with Crippen LogP contribution in [0.15, 0.2) is 53.0 Å². The molecule has 1 aliphatic heterocycles. The van der Waals surface area contributed by atoms with E-state index in [1.54, 1.807) is 0 Å². The number of halogens is 1. The summed E-state index contributed by atoms with van der Waals surface area (Å²) >= 11 is 3.53. The van der Waals surface area contributed by atoms with Gasteiger partial charge in [-0.3, -0.25) is 4.79 Å². The summed E-state index contributed by atoms with van der Waals surface area (Å²) in [5.74, 6) is 0.778. The topological polar surface area (TPSA) is 32.8 Å². The monoisotopic (exact) mass is 388 g/mol. The van der Waals surface area contributed by atoms with Crippen LogP contribution in [0.2, 0.25) is 0 Å². The molecule has 3 rings (SSSR count). The van der Waals surface area contributed by atoms with E-state index in [9.17, 15) is 4.79 Å². The number of rotatable bonds is 4. The van der Waals surface area contributed by atoms with Crippen LogP contribution < -0.4 is 9.64 Å². The first-order valence-corrected chi connectivity index (χ1v) is 8.89. The van der Waals surface area contributed by atoms with Crippen LogP contribution in [0.5, 0.6) is 5.75 Å². The number of nitrogens with zero attached hydrogens (tertiary/aromatic N) is 2. The molecule has 0 saturated carbocycles. The zero-order valence-corrected chi connectivity index (χ0v) is 15.3. The van der Waals surface area contributed by atoms with Crippen LogP contribution in [0.3, 0.4) is 0 Å². The number of amides is 1. The van der Waals surface area contributed by atoms with Crippen molar-refractivity contribution < 1.29 is 9.53 Å². The average molecular weight is 389 g/mol. The third-order valence-corrected chi connectivity index (χ3v) is 5.13. The lowest BCUT2D eigenvalue weighted by molar-refractivity contribution is -0.133. The summed E-state index contributed by atoms with van der Waals surface area (Å²) in [7, 11) is 0. The Kier molecular flexibility index (Phi) is 5.41. The molecule has 1 saturated heterocycles. The zero-order valence-electron chi connectivity index (χ0n) is 13.7. The fourth-order valence-corrected chi connectivity index (χ4v) is 3.04. The lowest BCUT2D eigenvalue weighted by Gasteiger charge is -2.36. The second-order valence-electron chi connectivity index (χ2n) is 5.90. The van der Waals surface area contributed by atoms with Gasteiger partial charge in [0.15, 0.2) is 6.61 Å². The Hall–Kier alpha value is -2.01. The van der Waals surface area contributed by atoms with Crippen LogP contribution in [0.1, 0.15) is 5.56 Å². The molecule has 1 heterocycles. The van der Waals surface area contributed by atoms with Gasteiger partial charge in [-0.25, -0.2) is 0 Å². The van der Waals surface area contributed by atoms with Crippen molar-refractivity contribution in [2.24, 2.45) is 0 Å². The molecule has 1 aliphatic rings. The van der Waals surface area contributed by atoms with Gasteiger partial charge < -0.3 is 14.5 Å². The number of hydrogen-bond donors (Lipinski definition) is 0. The quantitative estimate of drug-likeness (QED) is 0.803. The van der Waals surface area contributed by atoms with Gasteiger partial charge in [0.1, 0.15) is 5.75 Å². The summed E-state index contributed by atoms with van der Waals surface area (Å²) in [4.78, 5) is 16.5. The van der Waals surface area contributed by atoms with Crippen molar-refractivity contribution in [3.8, 4) is 5.75 Å². The summed E-state index contributed by atoms with van der Waals surface area (Å²) < 4.78 is 6.67. The molecule has 126 valence electrons. The number of anilines is 1. The van der Waals surface area contributed by atoms with Crippen LogP contribution in [0.25, 0.3) is 0 Å². The Labute approximate surface area is 151 Å². The Bertz CT molecular complexity index is 698.